The van der Waals surface area contributed by atoms with Gasteiger partial charge in [-0.3, -0.25) is 33.9 Å². The number of nitrogens with zero attached hydrogens (tertiary/aromatic N) is 5. The van der Waals surface area contributed by atoms with Gasteiger partial charge in [0.2, 0.25) is 8.32 Å². The Morgan fingerprint density at radius 3 is 2.52 bits per heavy atom. The summed E-state index contributed by atoms with van der Waals surface area (Å²) in [6.45, 7) is 11.9. The van der Waals surface area contributed by atoms with Crippen LogP contribution in [0.2, 0.25) is 39.3 Å². The van der Waals surface area contributed by atoms with Crippen molar-refractivity contribution in [2.24, 2.45) is 12.2 Å². The summed E-state index contributed by atoms with van der Waals surface area (Å²) in [5.74, 6) is -1.20. The van der Waals surface area contributed by atoms with Gasteiger partial charge in [-0.25, -0.2) is 9.78 Å². The summed E-state index contributed by atoms with van der Waals surface area (Å²) in [5.41, 5.74) is -0.832. The van der Waals surface area contributed by atoms with Crippen LogP contribution in [0.15, 0.2) is 36.6 Å². The lowest BCUT2D eigenvalue weighted by molar-refractivity contribution is -0.149. The van der Waals surface area contributed by atoms with Gasteiger partial charge in [0.05, 0.1) is 0 Å². The summed E-state index contributed by atoms with van der Waals surface area (Å²) in [6, 6.07) is -0.932. The van der Waals surface area contributed by atoms with Crippen LogP contribution in [-0.2, 0) is 30.7 Å². The van der Waals surface area contributed by atoms with Crippen molar-refractivity contribution in [3.63, 3.8) is 0 Å². The van der Waals surface area contributed by atoms with E-state index in [9.17, 15) is 24.0 Å². The number of aromatic amines is 1. The van der Waals surface area contributed by atoms with Crippen molar-refractivity contribution in [3.05, 3.63) is 43.1 Å². The normalized spacial score (nSPS) is 18.9. The molecule has 2 aliphatic heterocycles. The Kier molecular flexibility index (Phi) is 9.97. The number of thioether (sulfide) groups is 2. The minimum absolute atomic E-state index is 0.0792. The van der Waals surface area contributed by atoms with Gasteiger partial charge in [-0.2, -0.15) is 4.98 Å². The molecule has 4 rings (SSSR count). The third kappa shape index (κ3) is 7.71. The van der Waals surface area contributed by atoms with Crippen LogP contribution in [0.5, 0.6) is 0 Å². The zero-order chi connectivity index (χ0) is 32.6. The van der Waals surface area contributed by atoms with E-state index >= 15 is 0 Å². The number of aromatic nitrogens is 4. The number of β-lactam (4-membered cyclic amide) rings is 1. The molecule has 238 valence electrons. The van der Waals surface area contributed by atoms with Crippen molar-refractivity contribution in [1.82, 2.24) is 30.0 Å². The summed E-state index contributed by atoms with van der Waals surface area (Å²) in [6.07, 6.45) is 0. The molecule has 0 radical (unpaired) electrons. The second kappa shape index (κ2) is 13.0. The summed E-state index contributed by atoms with van der Waals surface area (Å²) < 4.78 is 7.10. The predicted octanol–water partition coefficient (Wildman–Crippen LogP) is 1.35. The molecule has 2 aromatic rings. The van der Waals surface area contributed by atoms with Gasteiger partial charge in [0, 0.05) is 23.9 Å². The lowest BCUT2D eigenvalue weighted by atomic mass is 10.0. The molecule has 20 heteroatoms. The Bertz CT molecular complexity index is 1660. The molecular weight excluding hydrogens is 665 g/mol. The zero-order valence-corrected chi connectivity index (χ0v) is 29.9. The average Bonchev–Trinajstić information content (AvgIpc) is 3.36. The number of anilines is 1. The number of carbonyl (C=O) groups excluding carboxylic acids is 3. The molecule has 2 aliphatic rings. The number of hydrogen-bond donors (Lipinski definition) is 3. The number of fused-ring (bicyclic) bond motifs is 1. The molecule has 15 nitrogen and oxygen atoms in total. The molecule has 4 heterocycles. The van der Waals surface area contributed by atoms with E-state index in [2.05, 4.69) is 50.2 Å². The first-order valence-corrected chi connectivity index (χ1v) is 23.2. The lowest BCUT2D eigenvalue weighted by Crippen LogP contribution is -2.71. The molecule has 0 unspecified atom stereocenters. The van der Waals surface area contributed by atoms with Gasteiger partial charge in [-0.15, -0.1) is 23.1 Å². The number of amides is 2. The fourth-order valence-electron chi connectivity index (χ4n) is 4.12. The molecule has 44 heavy (non-hydrogen) atoms. The SMILES string of the molecule is CO/N=C(\C(=O)N[C@@H]1C(=O)N2C(C(=O)O[Si](C)(C)C)=C(CSc3nc(=O)c(=O)[nH]n3C)CS[C@H]12)c1csc(N[Si](C)(C)C)n1. The van der Waals surface area contributed by atoms with Gasteiger partial charge in [0.15, 0.2) is 16.0 Å². The van der Waals surface area contributed by atoms with Crippen molar-refractivity contribution in [1.29, 1.82) is 0 Å². The number of H-pyrrole nitrogens is 1. The molecule has 1 saturated heterocycles. The highest BCUT2D eigenvalue weighted by Crippen LogP contribution is 2.42. The standard InChI is InChI=1S/C24H34N8O7S3Si2/c1-31-24(27-18(34)19(35)28-31)42-10-12-9-40-21-15(20(36)32(21)16(12)22(37)39-44(6,7)8)26-17(33)14(29-38-2)13-11-41-23(25-13)30-43(3,4)5/h11,15,21H,9-10H2,1-8H3,(H,25,30)(H,26,33)(H,28,35)/b29-14-/t15-,21-/m1/s1. The summed E-state index contributed by atoms with van der Waals surface area (Å²) in [7, 11) is -1.18. The fraction of sp³-hybridized carbons (Fsp3) is 0.500. The van der Waals surface area contributed by atoms with Gasteiger partial charge in [0.25, 0.3) is 11.8 Å². The van der Waals surface area contributed by atoms with E-state index in [-0.39, 0.29) is 22.3 Å². The van der Waals surface area contributed by atoms with Crippen LogP contribution in [0.3, 0.4) is 0 Å². The highest BCUT2D eigenvalue weighted by atomic mass is 32.2. The van der Waals surface area contributed by atoms with E-state index in [1.807, 2.05) is 19.6 Å². The van der Waals surface area contributed by atoms with Crippen LogP contribution < -0.4 is 21.4 Å². The summed E-state index contributed by atoms with van der Waals surface area (Å²) >= 11 is 3.85. The van der Waals surface area contributed by atoms with E-state index < -0.39 is 56.9 Å². The Balaban J connectivity index is 1.56. The van der Waals surface area contributed by atoms with E-state index in [0.29, 0.717) is 22.2 Å². The van der Waals surface area contributed by atoms with E-state index in [0.717, 1.165) is 11.8 Å². The molecule has 0 spiro atoms. The molecule has 2 aromatic heterocycles. The van der Waals surface area contributed by atoms with Gasteiger partial charge in [0.1, 0.15) is 38.2 Å². The van der Waals surface area contributed by atoms with Crippen LogP contribution in [0.1, 0.15) is 5.69 Å². The third-order valence-electron chi connectivity index (χ3n) is 5.88. The number of rotatable bonds is 11. The molecule has 1 fully saturated rings. The molecule has 0 bridgehead atoms. The van der Waals surface area contributed by atoms with Crippen LogP contribution in [-0.4, -0.2) is 94.7 Å². The number of oxime groups is 1. The first-order chi connectivity index (χ1) is 20.5. The predicted molar refractivity (Wildman–Crippen MR) is 175 cm³/mol. The Labute approximate surface area is 267 Å². The molecule has 0 aromatic carbocycles. The lowest BCUT2D eigenvalue weighted by Gasteiger charge is -2.50. The van der Waals surface area contributed by atoms with E-state index in [1.54, 1.807) is 12.4 Å². The Hall–Kier alpha value is -3.21. The Morgan fingerprint density at radius 1 is 1.18 bits per heavy atom. The van der Waals surface area contributed by atoms with Crippen LogP contribution in [0.25, 0.3) is 0 Å². The van der Waals surface area contributed by atoms with E-state index in [1.165, 1.54) is 39.8 Å². The smallest absolute Gasteiger partial charge is 0.341 e. The van der Waals surface area contributed by atoms with E-state index in [4.69, 9.17) is 9.26 Å². The van der Waals surface area contributed by atoms with Crippen molar-refractivity contribution in [3.8, 4) is 0 Å². The van der Waals surface area contributed by atoms with Crippen LogP contribution in [0, 0.1) is 0 Å². The maximum Gasteiger partial charge on any atom is 0.341 e. The topological polar surface area (TPSA) is 190 Å². The molecular formula is C24H34N8O7S3Si2. The quantitative estimate of drug-likeness (QED) is 0.0764. The van der Waals surface area contributed by atoms with Gasteiger partial charge < -0.3 is 19.6 Å². The summed E-state index contributed by atoms with van der Waals surface area (Å²) in [5, 5.41) is 11.0. The first kappa shape index (κ1) is 33.7. The molecule has 2 amide bonds. The molecule has 3 N–H and O–H groups in total. The van der Waals surface area contributed by atoms with Crippen molar-refractivity contribution in [2.45, 2.75) is 55.9 Å². The van der Waals surface area contributed by atoms with Crippen LogP contribution in [0.4, 0.5) is 5.13 Å². The van der Waals surface area contributed by atoms with Gasteiger partial charge in [-0.05, 0) is 25.2 Å². The highest BCUT2D eigenvalue weighted by molar-refractivity contribution is 8.01. The van der Waals surface area contributed by atoms with Crippen LogP contribution >= 0.6 is 34.9 Å². The van der Waals surface area contributed by atoms with Crippen molar-refractivity contribution < 1.29 is 23.6 Å². The van der Waals surface area contributed by atoms with Gasteiger partial charge in [-0.1, -0.05) is 36.6 Å². The number of hydrogen-bond acceptors (Lipinski definition) is 14. The second-order valence-electron chi connectivity index (χ2n) is 11.8. The second-order valence-corrected chi connectivity index (χ2v) is 23.9. The number of carbonyl (C=O) groups is 3. The van der Waals surface area contributed by atoms with Crippen molar-refractivity contribution in [2.75, 3.05) is 23.6 Å². The fourth-order valence-corrected chi connectivity index (χ4v) is 9.56. The van der Waals surface area contributed by atoms with Crippen molar-refractivity contribution >= 4 is 80.0 Å². The first-order valence-electron chi connectivity index (χ1n) is 13.4. The maximum atomic E-state index is 13.5. The third-order valence-corrected chi connectivity index (χ3v) is 11.1. The average molecular weight is 699 g/mol. The largest absolute Gasteiger partial charge is 0.515 e. The number of nitrogens with one attached hydrogen (secondary N) is 3. The minimum Gasteiger partial charge on any atom is -0.515 e. The monoisotopic (exact) mass is 698 g/mol. The Morgan fingerprint density at radius 2 is 1.89 bits per heavy atom. The number of thiazole rings is 1. The number of aryl methyl sites for hydroxylation is 1. The minimum atomic E-state index is -2.35. The molecule has 0 aliphatic carbocycles. The maximum absolute atomic E-state index is 13.5. The molecule has 2 atom stereocenters. The summed E-state index contributed by atoms with van der Waals surface area (Å²) in [4.78, 5) is 81.6. The zero-order valence-electron chi connectivity index (χ0n) is 25.5. The molecule has 0 saturated carbocycles. The highest BCUT2D eigenvalue weighted by Gasteiger charge is 2.55. The van der Waals surface area contributed by atoms with Gasteiger partial charge >= 0.3 is 17.1 Å².